The van der Waals surface area contributed by atoms with Crippen molar-refractivity contribution in [1.82, 2.24) is 0 Å². The Morgan fingerprint density at radius 1 is 0.485 bits per heavy atom. The van der Waals surface area contributed by atoms with Gasteiger partial charge in [0.2, 0.25) is 0 Å². The van der Waals surface area contributed by atoms with Crippen molar-refractivity contribution in [1.29, 1.82) is 0 Å². The maximum atomic E-state index is 3.96. The van der Waals surface area contributed by atoms with E-state index in [0.29, 0.717) is 0 Å². The van der Waals surface area contributed by atoms with Gasteiger partial charge in [-0.3, -0.25) is 0 Å². The lowest BCUT2D eigenvalue weighted by Crippen LogP contribution is -2.29. The molecule has 2 aliphatic carbocycles. The van der Waals surface area contributed by atoms with Gasteiger partial charge in [0.15, 0.2) is 0 Å². The van der Waals surface area contributed by atoms with Crippen LogP contribution in [0.15, 0.2) is 114 Å². The van der Waals surface area contributed by atoms with Crippen LogP contribution < -0.4 is 0 Å². The van der Waals surface area contributed by atoms with Crippen LogP contribution in [0.4, 0.5) is 0 Å². The van der Waals surface area contributed by atoms with E-state index in [0.717, 1.165) is 4.47 Å². The van der Waals surface area contributed by atoms with E-state index in [2.05, 4.69) is 132 Å². The first-order chi connectivity index (χ1) is 16.2. The van der Waals surface area contributed by atoms with Gasteiger partial charge in [-0.25, -0.2) is 0 Å². The molecule has 1 heteroatoms. The summed E-state index contributed by atoms with van der Waals surface area (Å²) in [6, 6.07) is 40.5. The maximum Gasteiger partial charge on any atom is 0.0726 e. The van der Waals surface area contributed by atoms with Crippen LogP contribution in [0, 0.1) is 6.92 Å². The average molecular weight is 485 g/mol. The smallest absolute Gasteiger partial charge is 0.0619 e. The second-order valence-corrected chi connectivity index (χ2v) is 9.95. The number of halogens is 1. The largest absolute Gasteiger partial charge is 0.0726 e. The summed E-state index contributed by atoms with van der Waals surface area (Å²) in [4.78, 5) is 0. The van der Waals surface area contributed by atoms with E-state index < -0.39 is 0 Å². The van der Waals surface area contributed by atoms with E-state index >= 15 is 0 Å². The predicted octanol–water partition coefficient (Wildman–Crippen LogP) is 8.77. The molecular formula is C32H21Br. The molecule has 5 aromatic rings. The molecule has 2 aliphatic rings. The predicted molar refractivity (Wildman–Crippen MR) is 141 cm³/mol. The van der Waals surface area contributed by atoms with Crippen molar-refractivity contribution < 1.29 is 0 Å². The second-order valence-electron chi connectivity index (χ2n) is 9.10. The maximum absolute atomic E-state index is 3.96. The lowest BCUT2D eigenvalue weighted by Gasteiger charge is -2.35. The highest BCUT2D eigenvalue weighted by atomic mass is 79.9. The van der Waals surface area contributed by atoms with Gasteiger partial charge in [-0.2, -0.15) is 0 Å². The highest BCUT2D eigenvalue weighted by Gasteiger charge is 2.49. The van der Waals surface area contributed by atoms with Crippen molar-refractivity contribution in [3.63, 3.8) is 0 Å². The third-order valence-corrected chi connectivity index (χ3v) is 8.10. The standard InChI is InChI=1S/C32H21Br/c1-20-17-18-24-21-9-2-3-12-25(21)31-28(15-8-16-30(31)33)32(29(24)19-20)26-13-6-4-10-22(26)23-11-5-7-14-27(23)32/h2-19H,1H3. The van der Waals surface area contributed by atoms with Gasteiger partial charge < -0.3 is 0 Å². The lowest BCUT2D eigenvalue weighted by molar-refractivity contribution is 0.773. The summed E-state index contributed by atoms with van der Waals surface area (Å²) in [5.74, 6) is 0. The minimum atomic E-state index is -0.382. The summed E-state index contributed by atoms with van der Waals surface area (Å²) in [6.45, 7) is 2.21. The molecular weight excluding hydrogens is 464 g/mol. The van der Waals surface area contributed by atoms with Crippen molar-refractivity contribution in [3.05, 3.63) is 141 Å². The summed E-state index contributed by atoms with van der Waals surface area (Å²) in [7, 11) is 0. The number of hydrogen-bond acceptors (Lipinski definition) is 0. The quantitative estimate of drug-likeness (QED) is 0.201. The molecule has 0 radical (unpaired) electrons. The zero-order valence-electron chi connectivity index (χ0n) is 18.3. The van der Waals surface area contributed by atoms with Crippen molar-refractivity contribution in [2.24, 2.45) is 0 Å². The summed E-state index contributed by atoms with van der Waals surface area (Å²) in [5.41, 5.74) is 14.2. The van der Waals surface area contributed by atoms with E-state index in [-0.39, 0.29) is 5.41 Å². The van der Waals surface area contributed by atoms with Gasteiger partial charge >= 0.3 is 0 Å². The Labute approximate surface area is 202 Å². The Hall–Kier alpha value is -3.42. The highest BCUT2D eigenvalue weighted by Crippen LogP contribution is 2.62. The number of aryl methyl sites for hydroxylation is 1. The first-order valence-corrected chi connectivity index (χ1v) is 12.2. The topological polar surface area (TPSA) is 0 Å². The summed E-state index contributed by atoms with van der Waals surface area (Å²) in [5, 5.41) is 0. The van der Waals surface area contributed by atoms with Crippen LogP contribution in [0.25, 0.3) is 33.4 Å². The van der Waals surface area contributed by atoms with Crippen molar-refractivity contribution in [3.8, 4) is 33.4 Å². The summed E-state index contributed by atoms with van der Waals surface area (Å²) < 4.78 is 1.14. The van der Waals surface area contributed by atoms with Crippen LogP contribution in [0.5, 0.6) is 0 Å². The molecule has 0 bridgehead atoms. The Morgan fingerprint density at radius 2 is 1.03 bits per heavy atom. The van der Waals surface area contributed by atoms with Crippen LogP contribution in [0.1, 0.15) is 27.8 Å². The minimum absolute atomic E-state index is 0.382. The molecule has 0 aliphatic heterocycles. The second kappa shape index (κ2) is 6.79. The SMILES string of the molecule is Cc1ccc2c(c1)C1(c3ccccc3-c3ccccc31)c1cccc(Br)c1-c1ccccc1-2. The van der Waals surface area contributed by atoms with Gasteiger partial charge in [0, 0.05) is 10.0 Å². The molecule has 0 saturated carbocycles. The van der Waals surface area contributed by atoms with Gasteiger partial charge in [-0.1, -0.05) is 125 Å². The Balaban J connectivity index is 1.80. The molecule has 0 atom stereocenters. The number of hydrogen-bond donors (Lipinski definition) is 0. The van der Waals surface area contributed by atoms with Crippen LogP contribution in [0.2, 0.25) is 0 Å². The fourth-order valence-corrected chi connectivity index (χ4v) is 6.79. The Kier molecular flexibility index (Phi) is 3.93. The molecule has 0 amide bonds. The molecule has 0 aromatic heterocycles. The molecule has 156 valence electrons. The van der Waals surface area contributed by atoms with Gasteiger partial charge in [0.25, 0.3) is 0 Å². The Bertz CT molecular complexity index is 1540. The van der Waals surface area contributed by atoms with E-state index in [1.165, 1.54) is 61.2 Å². The third-order valence-electron chi connectivity index (χ3n) is 7.44. The van der Waals surface area contributed by atoms with Crippen molar-refractivity contribution >= 4 is 15.9 Å². The third kappa shape index (κ3) is 2.36. The molecule has 1 spiro atoms. The zero-order valence-corrected chi connectivity index (χ0v) is 19.9. The van der Waals surface area contributed by atoms with Crippen molar-refractivity contribution in [2.75, 3.05) is 0 Å². The van der Waals surface area contributed by atoms with Crippen LogP contribution in [-0.2, 0) is 5.41 Å². The fourth-order valence-electron chi connectivity index (χ4n) is 6.21. The van der Waals surface area contributed by atoms with E-state index in [1.807, 2.05) is 0 Å². The zero-order chi connectivity index (χ0) is 22.2. The first kappa shape index (κ1) is 19.1. The van der Waals surface area contributed by atoms with E-state index in [4.69, 9.17) is 0 Å². The number of fused-ring (bicyclic) bond motifs is 12. The van der Waals surface area contributed by atoms with E-state index in [9.17, 15) is 0 Å². The van der Waals surface area contributed by atoms with Gasteiger partial charge in [0.1, 0.15) is 0 Å². The van der Waals surface area contributed by atoms with E-state index in [1.54, 1.807) is 0 Å². The Morgan fingerprint density at radius 3 is 1.73 bits per heavy atom. The van der Waals surface area contributed by atoms with Gasteiger partial charge in [-0.05, 0) is 63.1 Å². The van der Waals surface area contributed by atoms with Crippen LogP contribution >= 0.6 is 15.9 Å². The molecule has 0 heterocycles. The molecule has 7 rings (SSSR count). The fraction of sp³-hybridized carbons (Fsp3) is 0.0625. The summed E-state index contributed by atoms with van der Waals surface area (Å²) in [6.07, 6.45) is 0. The van der Waals surface area contributed by atoms with Crippen molar-refractivity contribution in [2.45, 2.75) is 12.3 Å². The molecule has 0 nitrogen and oxygen atoms in total. The average Bonchev–Trinajstić information content (AvgIpc) is 3.09. The lowest BCUT2D eigenvalue weighted by atomic mass is 9.65. The molecule has 0 saturated heterocycles. The molecule has 33 heavy (non-hydrogen) atoms. The number of rotatable bonds is 0. The summed E-state index contributed by atoms with van der Waals surface area (Å²) >= 11 is 3.96. The monoisotopic (exact) mass is 484 g/mol. The molecule has 5 aromatic carbocycles. The van der Waals surface area contributed by atoms with Gasteiger partial charge in [-0.15, -0.1) is 0 Å². The normalized spacial score (nSPS) is 14.0. The highest BCUT2D eigenvalue weighted by molar-refractivity contribution is 9.10. The molecule has 0 N–H and O–H groups in total. The van der Waals surface area contributed by atoms with Gasteiger partial charge in [0.05, 0.1) is 5.41 Å². The van der Waals surface area contributed by atoms with Crippen LogP contribution in [-0.4, -0.2) is 0 Å². The van der Waals surface area contributed by atoms with Crippen LogP contribution in [0.3, 0.4) is 0 Å². The minimum Gasteiger partial charge on any atom is -0.0619 e. The number of benzene rings is 5. The molecule has 0 unspecified atom stereocenters. The molecule has 0 fully saturated rings. The first-order valence-electron chi connectivity index (χ1n) is 11.4.